The number of benzene rings is 1. The fourth-order valence-electron chi connectivity index (χ4n) is 2.31. The molecule has 0 aliphatic heterocycles. The van der Waals surface area contributed by atoms with Crippen molar-refractivity contribution in [1.82, 2.24) is 4.72 Å². The fraction of sp³-hybridized carbons (Fsp3) is 0.500. The van der Waals surface area contributed by atoms with E-state index in [0.717, 1.165) is 23.7 Å². The number of thioether (sulfide) groups is 1. The third-order valence-electron chi connectivity index (χ3n) is 3.30. The van der Waals surface area contributed by atoms with Gasteiger partial charge in [0, 0.05) is 15.8 Å². The van der Waals surface area contributed by atoms with Gasteiger partial charge in [0.25, 0.3) is 0 Å². The molecular weight excluding hydrogens is 348 g/mol. The molecule has 1 saturated carbocycles. The van der Waals surface area contributed by atoms with E-state index in [-0.39, 0.29) is 16.6 Å². The topological polar surface area (TPSA) is 72.2 Å². The molecule has 1 fully saturated rings. The molecular formula is C12H17BrN2O2S2. The Balaban J connectivity index is 2.14. The van der Waals surface area contributed by atoms with E-state index in [0.29, 0.717) is 5.25 Å². The predicted octanol–water partition coefficient (Wildman–Crippen LogP) is 2.59. The summed E-state index contributed by atoms with van der Waals surface area (Å²) in [6.07, 6.45) is 4.90. The number of nitrogen functional groups attached to an aromatic ring is 1. The lowest BCUT2D eigenvalue weighted by Crippen LogP contribution is -2.33. The Kier molecular flexibility index (Phi) is 4.81. The van der Waals surface area contributed by atoms with Crippen molar-refractivity contribution in [3.63, 3.8) is 0 Å². The third-order valence-corrected chi connectivity index (χ3v) is 6.48. The Morgan fingerprint density at radius 1 is 1.42 bits per heavy atom. The molecule has 4 nitrogen and oxygen atoms in total. The summed E-state index contributed by atoms with van der Waals surface area (Å²) in [6.45, 7) is 0. The van der Waals surface area contributed by atoms with Crippen molar-refractivity contribution in [2.45, 2.75) is 35.4 Å². The molecule has 106 valence electrons. The standard InChI is InChI=1S/C12H17BrN2O2S2/c1-18-10-4-3-9(7-10)15-19(16,17)12-5-2-8(13)6-11(12)14/h2,5-6,9-10,15H,3-4,7,14H2,1H3. The van der Waals surface area contributed by atoms with E-state index in [9.17, 15) is 8.42 Å². The van der Waals surface area contributed by atoms with Gasteiger partial charge in [-0.3, -0.25) is 0 Å². The molecule has 2 rings (SSSR count). The molecule has 0 amide bonds. The number of hydrogen-bond donors (Lipinski definition) is 2. The van der Waals surface area contributed by atoms with Crippen molar-refractivity contribution in [1.29, 1.82) is 0 Å². The van der Waals surface area contributed by atoms with E-state index in [1.807, 2.05) is 0 Å². The molecule has 1 aromatic rings. The van der Waals surface area contributed by atoms with Gasteiger partial charge >= 0.3 is 0 Å². The average Bonchev–Trinajstić information content (AvgIpc) is 2.75. The van der Waals surface area contributed by atoms with Crippen LogP contribution in [0.15, 0.2) is 27.6 Å². The van der Waals surface area contributed by atoms with Gasteiger partial charge in [-0.2, -0.15) is 11.8 Å². The highest BCUT2D eigenvalue weighted by Gasteiger charge is 2.29. The van der Waals surface area contributed by atoms with E-state index in [2.05, 4.69) is 26.9 Å². The maximum atomic E-state index is 12.3. The van der Waals surface area contributed by atoms with Crippen LogP contribution in [-0.2, 0) is 10.0 Å². The van der Waals surface area contributed by atoms with Crippen LogP contribution in [0.4, 0.5) is 5.69 Å². The van der Waals surface area contributed by atoms with Gasteiger partial charge in [-0.25, -0.2) is 13.1 Å². The minimum Gasteiger partial charge on any atom is -0.398 e. The molecule has 0 heterocycles. The van der Waals surface area contributed by atoms with Crippen LogP contribution in [0.1, 0.15) is 19.3 Å². The molecule has 1 aromatic carbocycles. The predicted molar refractivity (Wildman–Crippen MR) is 83.8 cm³/mol. The molecule has 0 aromatic heterocycles. The first-order valence-corrected chi connectivity index (χ1v) is 9.59. The SMILES string of the molecule is CSC1CCC(NS(=O)(=O)c2ccc(Br)cc2N)C1. The summed E-state index contributed by atoms with van der Waals surface area (Å²) in [6, 6.07) is 4.84. The molecule has 0 saturated heterocycles. The molecule has 1 aliphatic rings. The van der Waals surface area contributed by atoms with Crippen molar-refractivity contribution in [2.24, 2.45) is 0 Å². The lowest BCUT2D eigenvalue weighted by atomic mass is 10.3. The van der Waals surface area contributed by atoms with Crippen LogP contribution >= 0.6 is 27.7 Å². The Morgan fingerprint density at radius 3 is 2.74 bits per heavy atom. The molecule has 2 atom stereocenters. The zero-order valence-electron chi connectivity index (χ0n) is 10.6. The van der Waals surface area contributed by atoms with Crippen LogP contribution < -0.4 is 10.5 Å². The van der Waals surface area contributed by atoms with Gasteiger partial charge < -0.3 is 5.73 Å². The number of anilines is 1. The second kappa shape index (κ2) is 6.03. The highest BCUT2D eigenvalue weighted by atomic mass is 79.9. The number of hydrogen-bond acceptors (Lipinski definition) is 4. The van der Waals surface area contributed by atoms with Crippen LogP contribution in [-0.4, -0.2) is 26.0 Å². The second-order valence-electron chi connectivity index (χ2n) is 4.67. The van der Waals surface area contributed by atoms with Crippen molar-refractivity contribution >= 4 is 43.4 Å². The molecule has 2 unspecified atom stereocenters. The first-order chi connectivity index (χ1) is 8.92. The monoisotopic (exact) mass is 364 g/mol. The summed E-state index contributed by atoms with van der Waals surface area (Å²) in [5.74, 6) is 0. The third kappa shape index (κ3) is 3.65. The van der Waals surface area contributed by atoms with Crippen LogP contribution in [0.2, 0.25) is 0 Å². The molecule has 0 bridgehead atoms. The normalized spacial score (nSPS) is 23.7. The summed E-state index contributed by atoms with van der Waals surface area (Å²) in [5, 5.41) is 0.551. The lowest BCUT2D eigenvalue weighted by Gasteiger charge is -2.14. The molecule has 3 N–H and O–H groups in total. The summed E-state index contributed by atoms with van der Waals surface area (Å²) in [5.41, 5.74) is 6.05. The second-order valence-corrected chi connectivity index (χ2v) is 8.41. The Bertz CT molecular complexity index is 563. The van der Waals surface area contributed by atoms with Crippen LogP contribution in [0, 0.1) is 0 Å². The van der Waals surface area contributed by atoms with E-state index >= 15 is 0 Å². The first kappa shape index (κ1) is 15.2. The van der Waals surface area contributed by atoms with E-state index in [1.54, 1.807) is 23.9 Å². The van der Waals surface area contributed by atoms with E-state index < -0.39 is 10.0 Å². The smallest absolute Gasteiger partial charge is 0.242 e. The Morgan fingerprint density at radius 2 is 2.16 bits per heavy atom. The van der Waals surface area contributed by atoms with E-state index in [4.69, 9.17) is 5.73 Å². The Hall–Kier alpha value is -0.240. The highest BCUT2D eigenvalue weighted by molar-refractivity contribution is 9.10. The van der Waals surface area contributed by atoms with Gasteiger partial charge in [0.15, 0.2) is 0 Å². The van der Waals surface area contributed by atoms with Gasteiger partial charge in [-0.1, -0.05) is 15.9 Å². The van der Waals surface area contributed by atoms with Gasteiger partial charge in [-0.05, 0) is 43.7 Å². The summed E-state index contributed by atoms with van der Waals surface area (Å²) in [7, 11) is -3.53. The highest BCUT2D eigenvalue weighted by Crippen LogP contribution is 2.30. The molecule has 7 heteroatoms. The van der Waals surface area contributed by atoms with Crippen LogP contribution in [0.25, 0.3) is 0 Å². The van der Waals surface area contributed by atoms with E-state index in [1.165, 1.54) is 6.07 Å². The number of nitrogens with two attached hydrogens (primary N) is 1. The lowest BCUT2D eigenvalue weighted by molar-refractivity contribution is 0.553. The average molecular weight is 365 g/mol. The zero-order valence-corrected chi connectivity index (χ0v) is 13.8. The summed E-state index contributed by atoms with van der Waals surface area (Å²) in [4.78, 5) is 0.156. The molecule has 19 heavy (non-hydrogen) atoms. The largest absolute Gasteiger partial charge is 0.398 e. The maximum Gasteiger partial charge on any atom is 0.242 e. The Labute approximate surface area is 126 Å². The zero-order chi connectivity index (χ0) is 14.0. The molecule has 1 aliphatic carbocycles. The van der Waals surface area contributed by atoms with Gasteiger partial charge in [0.1, 0.15) is 4.90 Å². The molecule has 0 spiro atoms. The van der Waals surface area contributed by atoms with Crippen molar-refractivity contribution in [2.75, 3.05) is 12.0 Å². The van der Waals surface area contributed by atoms with Crippen LogP contribution in [0.3, 0.4) is 0 Å². The maximum absolute atomic E-state index is 12.3. The van der Waals surface area contributed by atoms with Gasteiger partial charge in [-0.15, -0.1) is 0 Å². The van der Waals surface area contributed by atoms with Gasteiger partial charge in [0.2, 0.25) is 10.0 Å². The summed E-state index contributed by atoms with van der Waals surface area (Å²) >= 11 is 5.07. The van der Waals surface area contributed by atoms with Crippen molar-refractivity contribution < 1.29 is 8.42 Å². The molecule has 0 radical (unpaired) electrons. The minimum absolute atomic E-state index is 0.0190. The minimum atomic E-state index is -3.53. The van der Waals surface area contributed by atoms with Crippen molar-refractivity contribution in [3.05, 3.63) is 22.7 Å². The summed E-state index contributed by atoms with van der Waals surface area (Å²) < 4.78 is 28.1. The van der Waals surface area contributed by atoms with Gasteiger partial charge in [0.05, 0.1) is 5.69 Å². The number of nitrogens with one attached hydrogen (secondary N) is 1. The number of halogens is 1. The quantitative estimate of drug-likeness (QED) is 0.805. The number of sulfonamides is 1. The van der Waals surface area contributed by atoms with Crippen LogP contribution in [0.5, 0.6) is 0 Å². The fourth-order valence-corrected chi connectivity index (χ4v) is 4.88. The number of rotatable bonds is 4. The van der Waals surface area contributed by atoms with Crippen molar-refractivity contribution in [3.8, 4) is 0 Å². The first-order valence-electron chi connectivity index (χ1n) is 6.02.